The second-order valence-corrected chi connectivity index (χ2v) is 10.2. The van der Waals surface area contributed by atoms with Gasteiger partial charge in [-0.15, -0.1) is 11.3 Å². The van der Waals surface area contributed by atoms with Crippen molar-refractivity contribution in [3.05, 3.63) is 44.1 Å². The number of hydrogen-bond acceptors (Lipinski definition) is 8. The quantitative estimate of drug-likeness (QED) is 0.493. The molecule has 1 N–H and O–H groups in total. The van der Waals surface area contributed by atoms with Crippen molar-refractivity contribution < 1.29 is 27.4 Å². The van der Waals surface area contributed by atoms with Crippen molar-refractivity contribution in [2.24, 2.45) is 0 Å². The molecule has 0 unspecified atom stereocenters. The average Bonchev–Trinajstić information content (AvgIpc) is 3.04. The molecular weight excluding hydrogens is 482 g/mol. The number of carbonyl (C=O) groups excluding carboxylic acids is 1. The third kappa shape index (κ3) is 6.43. The number of benzene rings is 1. The van der Waals surface area contributed by atoms with Gasteiger partial charge in [-0.25, -0.2) is 13.2 Å². The van der Waals surface area contributed by atoms with E-state index in [2.05, 4.69) is 21.2 Å². The van der Waals surface area contributed by atoms with Crippen LogP contribution in [0.3, 0.4) is 0 Å². The van der Waals surface area contributed by atoms with Crippen LogP contribution in [0.1, 0.15) is 33.8 Å². The minimum Gasteiger partial charge on any atom is -0.493 e. The van der Waals surface area contributed by atoms with Crippen LogP contribution in [-0.2, 0) is 21.1 Å². The lowest BCUT2D eigenvalue weighted by Crippen LogP contribution is -2.28. The first-order valence-electron chi connectivity index (χ1n) is 8.76. The summed E-state index contributed by atoms with van der Waals surface area (Å²) in [6.07, 6.45) is 1.19. The van der Waals surface area contributed by atoms with E-state index in [1.807, 2.05) is 6.92 Å². The monoisotopic (exact) mass is 505 g/mol. The van der Waals surface area contributed by atoms with Crippen molar-refractivity contribution in [1.82, 2.24) is 5.32 Å². The molecule has 0 amide bonds. The summed E-state index contributed by atoms with van der Waals surface area (Å²) in [4.78, 5) is 12.5. The number of carbonyl (C=O) groups is 1. The van der Waals surface area contributed by atoms with E-state index < -0.39 is 21.8 Å². The lowest BCUT2D eigenvalue weighted by atomic mass is 10.1. The fourth-order valence-corrected chi connectivity index (χ4v) is 5.30. The summed E-state index contributed by atoms with van der Waals surface area (Å²) in [6, 6.07) is 4.81. The molecule has 0 bridgehead atoms. The number of sulfone groups is 1. The molecule has 0 aliphatic rings. The van der Waals surface area contributed by atoms with E-state index in [-0.39, 0.29) is 12.3 Å². The molecule has 10 heteroatoms. The molecule has 29 heavy (non-hydrogen) atoms. The second-order valence-electron chi connectivity index (χ2n) is 6.25. The van der Waals surface area contributed by atoms with Crippen molar-refractivity contribution in [2.75, 3.05) is 32.8 Å². The topological polar surface area (TPSA) is 90.9 Å². The first kappa shape index (κ1) is 23.7. The van der Waals surface area contributed by atoms with E-state index in [0.29, 0.717) is 23.0 Å². The third-order valence-corrected chi connectivity index (χ3v) is 7.05. The summed E-state index contributed by atoms with van der Waals surface area (Å²) in [6.45, 7) is 2.60. The molecule has 2 rings (SSSR count). The van der Waals surface area contributed by atoms with Gasteiger partial charge in [-0.3, -0.25) is 0 Å². The minimum absolute atomic E-state index is 0.111. The van der Waals surface area contributed by atoms with Gasteiger partial charge in [0.25, 0.3) is 0 Å². The summed E-state index contributed by atoms with van der Waals surface area (Å²) < 4.78 is 40.5. The fraction of sp³-hybridized carbons (Fsp3) is 0.421. The molecule has 0 saturated carbocycles. The standard InChI is InChI=1S/C19H24BrNO6S2/c1-5-27-17-8-12(6-7-16(17)25-2)15(11-29(4,23)24)21-9-13-14(20)10-28-18(13)19(22)26-3/h6-8,10,15,21H,5,9,11H2,1-4H3/t15-/m1/s1. The molecule has 2 aromatic rings. The van der Waals surface area contributed by atoms with Crippen LogP contribution in [0.4, 0.5) is 0 Å². The molecule has 0 aliphatic heterocycles. The highest BCUT2D eigenvalue weighted by Crippen LogP contribution is 2.32. The van der Waals surface area contributed by atoms with Crippen LogP contribution in [0.15, 0.2) is 28.1 Å². The van der Waals surface area contributed by atoms with Crippen LogP contribution in [0, 0.1) is 0 Å². The summed E-state index contributed by atoms with van der Waals surface area (Å²) in [5, 5.41) is 5.06. The highest BCUT2D eigenvalue weighted by atomic mass is 79.9. The molecule has 0 spiro atoms. The van der Waals surface area contributed by atoms with Gasteiger partial charge in [-0.1, -0.05) is 6.07 Å². The molecular formula is C19H24BrNO6S2. The molecule has 0 aliphatic carbocycles. The fourth-order valence-electron chi connectivity index (χ4n) is 2.77. The number of esters is 1. The summed E-state index contributed by atoms with van der Waals surface area (Å²) in [7, 11) is -0.406. The number of methoxy groups -OCH3 is 2. The number of rotatable bonds is 10. The number of hydrogen-bond donors (Lipinski definition) is 1. The Morgan fingerprint density at radius 3 is 2.59 bits per heavy atom. The van der Waals surface area contributed by atoms with Gasteiger partial charge in [0, 0.05) is 34.3 Å². The Hall–Kier alpha value is -1.62. The lowest BCUT2D eigenvalue weighted by molar-refractivity contribution is 0.0605. The number of nitrogens with one attached hydrogen (secondary N) is 1. The van der Waals surface area contributed by atoms with Crippen molar-refractivity contribution >= 4 is 43.1 Å². The molecule has 1 heterocycles. The second kappa shape index (κ2) is 10.4. The predicted octanol–water partition coefficient (Wildman–Crippen LogP) is 3.58. The molecule has 0 saturated heterocycles. The van der Waals surface area contributed by atoms with Gasteiger partial charge in [0.2, 0.25) is 0 Å². The van der Waals surface area contributed by atoms with Crippen LogP contribution >= 0.6 is 27.3 Å². The van der Waals surface area contributed by atoms with E-state index in [1.54, 1.807) is 30.7 Å². The Bertz CT molecular complexity index is 958. The summed E-state index contributed by atoms with van der Waals surface area (Å²) >= 11 is 4.71. The molecule has 1 atom stereocenters. The van der Waals surface area contributed by atoms with E-state index >= 15 is 0 Å². The van der Waals surface area contributed by atoms with Crippen LogP contribution < -0.4 is 14.8 Å². The average molecular weight is 506 g/mol. The molecule has 0 fully saturated rings. The Kier molecular flexibility index (Phi) is 8.50. The van der Waals surface area contributed by atoms with Gasteiger partial charge in [-0.05, 0) is 40.5 Å². The maximum Gasteiger partial charge on any atom is 0.348 e. The van der Waals surface area contributed by atoms with E-state index in [1.165, 1.54) is 24.7 Å². The van der Waals surface area contributed by atoms with Crippen molar-refractivity contribution in [3.8, 4) is 11.5 Å². The zero-order valence-electron chi connectivity index (χ0n) is 16.7. The van der Waals surface area contributed by atoms with Crippen molar-refractivity contribution in [2.45, 2.75) is 19.5 Å². The van der Waals surface area contributed by atoms with Crippen LogP contribution in [0.2, 0.25) is 0 Å². The molecule has 1 aromatic heterocycles. The molecule has 160 valence electrons. The SMILES string of the molecule is CCOc1cc([C@@H](CS(C)(=O)=O)NCc2c(Br)csc2C(=O)OC)ccc1OC. The van der Waals surface area contributed by atoms with Crippen molar-refractivity contribution in [1.29, 1.82) is 0 Å². The third-order valence-electron chi connectivity index (χ3n) is 4.10. The predicted molar refractivity (Wildman–Crippen MR) is 117 cm³/mol. The molecule has 1 aromatic carbocycles. The minimum atomic E-state index is -3.28. The van der Waals surface area contributed by atoms with Gasteiger partial charge in [0.05, 0.1) is 26.6 Å². The zero-order chi connectivity index (χ0) is 21.6. The number of halogens is 1. The van der Waals surface area contributed by atoms with Gasteiger partial charge in [0.1, 0.15) is 14.7 Å². The largest absolute Gasteiger partial charge is 0.493 e. The van der Waals surface area contributed by atoms with Crippen LogP contribution in [0.25, 0.3) is 0 Å². The highest BCUT2D eigenvalue weighted by Gasteiger charge is 2.22. The summed E-state index contributed by atoms with van der Waals surface area (Å²) in [5.41, 5.74) is 1.46. The zero-order valence-corrected chi connectivity index (χ0v) is 19.9. The molecule has 7 nitrogen and oxygen atoms in total. The van der Waals surface area contributed by atoms with Crippen LogP contribution in [0.5, 0.6) is 11.5 Å². The van der Waals surface area contributed by atoms with E-state index in [9.17, 15) is 13.2 Å². The van der Waals surface area contributed by atoms with Gasteiger partial charge in [-0.2, -0.15) is 0 Å². The Labute approximate surface area is 183 Å². The smallest absolute Gasteiger partial charge is 0.348 e. The first-order valence-corrected chi connectivity index (χ1v) is 12.5. The van der Waals surface area contributed by atoms with Gasteiger partial charge >= 0.3 is 5.97 Å². The van der Waals surface area contributed by atoms with E-state index in [4.69, 9.17) is 14.2 Å². The highest BCUT2D eigenvalue weighted by molar-refractivity contribution is 9.10. The Morgan fingerprint density at radius 1 is 1.28 bits per heavy atom. The number of ether oxygens (including phenoxy) is 3. The maximum atomic E-state index is 12.0. The molecule has 0 radical (unpaired) electrons. The Morgan fingerprint density at radius 2 is 2.00 bits per heavy atom. The van der Waals surface area contributed by atoms with Gasteiger partial charge < -0.3 is 19.5 Å². The van der Waals surface area contributed by atoms with E-state index in [0.717, 1.165) is 15.6 Å². The van der Waals surface area contributed by atoms with Crippen molar-refractivity contribution in [3.63, 3.8) is 0 Å². The van der Waals surface area contributed by atoms with Crippen LogP contribution in [-0.4, -0.2) is 47.2 Å². The Balaban J connectivity index is 2.34. The van der Waals surface area contributed by atoms with Gasteiger partial charge in [0.15, 0.2) is 11.5 Å². The maximum absolute atomic E-state index is 12.0. The summed E-state index contributed by atoms with van der Waals surface area (Å²) in [5.74, 6) is 0.572. The first-order chi connectivity index (χ1) is 13.7. The number of thiophene rings is 1. The lowest BCUT2D eigenvalue weighted by Gasteiger charge is -2.20. The normalized spacial score (nSPS) is 12.4.